The van der Waals surface area contributed by atoms with Crippen LogP contribution in [0.25, 0.3) is 0 Å². The summed E-state index contributed by atoms with van der Waals surface area (Å²) in [7, 11) is 0. The number of carbonyl (C=O) groups excluding carboxylic acids is 1. The Morgan fingerprint density at radius 2 is 2.13 bits per heavy atom. The normalized spacial score (nSPS) is 16.1. The zero-order valence-corrected chi connectivity index (χ0v) is 8.60. The number of aliphatic hydroxyl groups excluding tert-OH is 1. The number of rotatable bonds is 3. The summed E-state index contributed by atoms with van der Waals surface area (Å²) in [6, 6.07) is 3.01. The molecule has 1 N–H and O–H groups in total. The molecule has 2 atom stereocenters. The van der Waals surface area contributed by atoms with Crippen LogP contribution in [-0.2, 0) is 0 Å². The third-order valence-electron chi connectivity index (χ3n) is 1.99. The molecule has 0 radical (unpaired) electrons. The van der Waals surface area contributed by atoms with Gasteiger partial charge < -0.3 is 5.11 Å². The van der Waals surface area contributed by atoms with Crippen LogP contribution in [0.5, 0.6) is 0 Å². The highest BCUT2D eigenvalue weighted by Gasteiger charge is 2.44. The Bertz CT molecular complexity index is 332. The second-order valence-corrected chi connectivity index (χ2v) is 4.06. The van der Waals surface area contributed by atoms with Gasteiger partial charge in [0.15, 0.2) is 11.9 Å². The van der Waals surface area contributed by atoms with Gasteiger partial charge in [0.05, 0.1) is 10.8 Å². The van der Waals surface area contributed by atoms with Crippen LogP contribution in [0.4, 0.5) is 13.2 Å². The van der Waals surface area contributed by atoms with Gasteiger partial charge in [-0.25, -0.2) is 0 Å². The third kappa shape index (κ3) is 2.79. The van der Waals surface area contributed by atoms with E-state index in [0.717, 1.165) is 18.3 Å². The number of alkyl halides is 3. The first-order chi connectivity index (χ1) is 6.84. The zero-order valence-electron chi connectivity index (χ0n) is 7.78. The van der Waals surface area contributed by atoms with Crippen LogP contribution in [0.3, 0.4) is 0 Å². The maximum Gasteiger partial charge on any atom is 0.415 e. The minimum Gasteiger partial charge on any atom is -0.383 e. The Kier molecular flexibility index (Phi) is 3.51. The minimum atomic E-state index is -4.76. The quantitative estimate of drug-likeness (QED) is 0.821. The summed E-state index contributed by atoms with van der Waals surface area (Å²) in [5.74, 6) is -2.15. The summed E-state index contributed by atoms with van der Waals surface area (Å²) >= 11 is 1.06. The average Bonchev–Trinajstić information content (AvgIpc) is 2.65. The van der Waals surface area contributed by atoms with E-state index in [4.69, 9.17) is 5.11 Å². The van der Waals surface area contributed by atoms with E-state index < -0.39 is 24.0 Å². The molecule has 0 amide bonds. The fraction of sp³-hybridized carbons (Fsp3) is 0.444. The SMILES string of the molecule is C[C@@H](C(=O)c1cccs1)[C@H](O)C(F)(F)F. The summed E-state index contributed by atoms with van der Waals surface area (Å²) in [4.78, 5) is 11.7. The van der Waals surface area contributed by atoms with Gasteiger partial charge in [0.25, 0.3) is 0 Å². The van der Waals surface area contributed by atoms with Crippen molar-refractivity contribution in [2.45, 2.75) is 19.2 Å². The molecular formula is C9H9F3O2S. The third-order valence-corrected chi connectivity index (χ3v) is 2.87. The van der Waals surface area contributed by atoms with Gasteiger partial charge in [-0.1, -0.05) is 13.0 Å². The Balaban J connectivity index is 2.78. The average molecular weight is 238 g/mol. The zero-order chi connectivity index (χ0) is 11.6. The van der Waals surface area contributed by atoms with E-state index in [0.29, 0.717) is 0 Å². The van der Waals surface area contributed by atoms with Crippen molar-refractivity contribution >= 4 is 17.1 Å². The Hall–Kier alpha value is -0.880. The van der Waals surface area contributed by atoms with Gasteiger partial charge in [-0.3, -0.25) is 4.79 Å². The molecule has 0 saturated heterocycles. The Morgan fingerprint density at radius 1 is 1.53 bits per heavy atom. The van der Waals surface area contributed by atoms with E-state index in [9.17, 15) is 18.0 Å². The van der Waals surface area contributed by atoms with Crippen molar-refractivity contribution in [3.05, 3.63) is 22.4 Å². The lowest BCUT2D eigenvalue weighted by molar-refractivity contribution is -0.212. The lowest BCUT2D eigenvalue weighted by atomic mass is 9.98. The first-order valence-electron chi connectivity index (χ1n) is 4.16. The Morgan fingerprint density at radius 3 is 2.53 bits per heavy atom. The first kappa shape index (κ1) is 12.2. The van der Waals surface area contributed by atoms with E-state index >= 15 is 0 Å². The lowest BCUT2D eigenvalue weighted by Gasteiger charge is -2.19. The minimum absolute atomic E-state index is 0.228. The molecule has 2 nitrogen and oxygen atoms in total. The summed E-state index contributed by atoms with van der Waals surface area (Å²) in [5, 5.41) is 10.5. The Labute approximate surface area is 88.3 Å². The maximum atomic E-state index is 12.1. The lowest BCUT2D eigenvalue weighted by Crippen LogP contribution is -2.38. The first-order valence-corrected chi connectivity index (χ1v) is 5.04. The molecule has 0 aliphatic heterocycles. The molecule has 0 aliphatic rings. The molecule has 6 heteroatoms. The van der Waals surface area contributed by atoms with E-state index in [1.807, 2.05) is 0 Å². The van der Waals surface area contributed by atoms with Crippen LogP contribution in [0.15, 0.2) is 17.5 Å². The predicted molar refractivity (Wildman–Crippen MR) is 49.9 cm³/mol. The van der Waals surface area contributed by atoms with Gasteiger partial charge in [-0.05, 0) is 11.4 Å². The second kappa shape index (κ2) is 4.32. The molecule has 0 bridgehead atoms. The number of ketones is 1. The number of halogens is 3. The predicted octanol–water partition coefficient (Wildman–Crippen LogP) is 2.49. The van der Waals surface area contributed by atoms with E-state index in [1.165, 1.54) is 6.07 Å². The summed E-state index contributed by atoms with van der Waals surface area (Å²) in [5.41, 5.74) is 0. The molecule has 1 aromatic rings. The van der Waals surface area contributed by atoms with Gasteiger partial charge in [0.1, 0.15) is 0 Å². The largest absolute Gasteiger partial charge is 0.415 e. The number of Topliss-reactive ketones (excluding diaryl/α,β-unsaturated/α-hetero) is 1. The van der Waals surface area contributed by atoms with Crippen molar-refractivity contribution in [2.24, 2.45) is 5.92 Å². The van der Waals surface area contributed by atoms with Crippen LogP contribution < -0.4 is 0 Å². The fourth-order valence-electron chi connectivity index (χ4n) is 1.07. The van der Waals surface area contributed by atoms with Gasteiger partial charge in [0, 0.05) is 0 Å². The molecule has 1 rings (SSSR count). The molecule has 84 valence electrons. The molecule has 0 saturated carbocycles. The van der Waals surface area contributed by atoms with Crippen molar-refractivity contribution in [2.75, 3.05) is 0 Å². The molecular weight excluding hydrogens is 229 g/mol. The molecule has 0 unspecified atom stereocenters. The fourth-order valence-corrected chi connectivity index (χ4v) is 1.83. The van der Waals surface area contributed by atoms with E-state index in [-0.39, 0.29) is 4.88 Å². The van der Waals surface area contributed by atoms with Crippen LogP contribution in [0, 0.1) is 5.92 Å². The molecule has 0 aliphatic carbocycles. The van der Waals surface area contributed by atoms with Crippen LogP contribution >= 0.6 is 11.3 Å². The molecule has 15 heavy (non-hydrogen) atoms. The smallest absolute Gasteiger partial charge is 0.383 e. The molecule has 0 spiro atoms. The van der Waals surface area contributed by atoms with Crippen LogP contribution in [0.2, 0.25) is 0 Å². The molecule has 0 aromatic carbocycles. The number of carbonyl (C=O) groups is 1. The van der Waals surface area contributed by atoms with Gasteiger partial charge in [-0.2, -0.15) is 13.2 Å². The molecule has 1 heterocycles. The summed E-state index contributed by atoms with van der Waals surface area (Å²) < 4.78 is 36.3. The highest BCUT2D eigenvalue weighted by atomic mass is 32.1. The van der Waals surface area contributed by atoms with Crippen LogP contribution in [-0.4, -0.2) is 23.2 Å². The van der Waals surface area contributed by atoms with Gasteiger partial charge in [-0.15, -0.1) is 11.3 Å². The van der Waals surface area contributed by atoms with Gasteiger partial charge in [0.2, 0.25) is 0 Å². The van der Waals surface area contributed by atoms with Crippen molar-refractivity contribution < 1.29 is 23.1 Å². The van der Waals surface area contributed by atoms with E-state index in [1.54, 1.807) is 11.4 Å². The topological polar surface area (TPSA) is 37.3 Å². The molecule has 1 aromatic heterocycles. The number of hydrogen-bond donors (Lipinski definition) is 1. The van der Waals surface area contributed by atoms with E-state index in [2.05, 4.69) is 0 Å². The van der Waals surface area contributed by atoms with Gasteiger partial charge >= 0.3 is 6.18 Å². The molecule has 0 fully saturated rings. The monoisotopic (exact) mass is 238 g/mol. The summed E-state index contributed by atoms with van der Waals surface area (Å²) in [6.07, 6.45) is -7.36. The van der Waals surface area contributed by atoms with Crippen molar-refractivity contribution in [1.29, 1.82) is 0 Å². The second-order valence-electron chi connectivity index (χ2n) is 3.12. The van der Waals surface area contributed by atoms with Crippen molar-refractivity contribution in [1.82, 2.24) is 0 Å². The standard InChI is InChI=1S/C9H9F3O2S/c1-5(8(14)9(10,11)12)7(13)6-3-2-4-15-6/h2-5,8,14H,1H3/t5-,8-/m0/s1. The van der Waals surface area contributed by atoms with Crippen molar-refractivity contribution in [3.63, 3.8) is 0 Å². The highest BCUT2D eigenvalue weighted by molar-refractivity contribution is 7.12. The number of hydrogen-bond acceptors (Lipinski definition) is 3. The highest BCUT2D eigenvalue weighted by Crippen LogP contribution is 2.28. The van der Waals surface area contributed by atoms with Crippen LogP contribution in [0.1, 0.15) is 16.6 Å². The summed E-state index contributed by atoms with van der Waals surface area (Å²) in [6.45, 7) is 1.07. The maximum absolute atomic E-state index is 12.1. The van der Waals surface area contributed by atoms with Crippen molar-refractivity contribution in [3.8, 4) is 0 Å². The number of thiophene rings is 1. The number of aliphatic hydroxyl groups is 1.